The molecule has 86 valence electrons. The molecule has 0 fully saturated rings. The van der Waals surface area contributed by atoms with Crippen molar-refractivity contribution in [3.8, 4) is 5.75 Å². The fraction of sp³-hybridized carbons (Fsp3) is 0.333. The van der Waals surface area contributed by atoms with Gasteiger partial charge in [0.25, 0.3) is 0 Å². The maximum Gasteiger partial charge on any atom is 0.315 e. The van der Waals surface area contributed by atoms with Gasteiger partial charge in [-0.05, 0) is 31.5 Å². The van der Waals surface area contributed by atoms with Crippen molar-refractivity contribution in [3.63, 3.8) is 0 Å². The third kappa shape index (κ3) is 2.05. The molecule has 16 heavy (non-hydrogen) atoms. The summed E-state index contributed by atoms with van der Waals surface area (Å²) in [5.74, 6) is -0.532. The van der Waals surface area contributed by atoms with E-state index < -0.39 is 11.4 Å². The lowest BCUT2D eigenvalue weighted by Gasteiger charge is -2.22. The van der Waals surface area contributed by atoms with E-state index in [4.69, 9.17) is 0 Å². The van der Waals surface area contributed by atoms with E-state index in [9.17, 15) is 14.7 Å². The van der Waals surface area contributed by atoms with Gasteiger partial charge in [0.1, 0.15) is 5.75 Å². The zero-order valence-electron chi connectivity index (χ0n) is 9.48. The molecule has 0 aromatic heterocycles. The van der Waals surface area contributed by atoms with E-state index in [-0.39, 0.29) is 11.3 Å². The molecular weight excluding hydrogens is 208 g/mol. The average molecular weight is 222 g/mol. The van der Waals surface area contributed by atoms with Crippen LogP contribution in [0.25, 0.3) is 0 Å². The maximum absolute atomic E-state index is 11.5. The number of methoxy groups -OCH3 is 1. The van der Waals surface area contributed by atoms with Crippen LogP contribution in [0, 0.1) is 0 Å². The van der Waals surface area contributed by atoms with Gasteiger partial charge in [0.15, 0.2) is 6.29 Å². The van der Waals surface area contributed by atoms with Crippen molar-refractivity contribution in [3.05, 3.63) is 29.3 Å². The second-order valence-electron chi connectivity index (χ2n) is 4.01. The highest BCUT2D eigenvalue weighted by atomic mass is 16.5. The van der Waals surface area contributed by atoms with Crippen molar-refractivity contribution in [2.24, 2.45) is 0 Å². The standard InChI is InChI=1S/C12H14O4/c1-12(2,11(15)16-3)9-5-4-8(7-13)10(14)6-9/h4-7,14H,1-3H3. The minimum absolute atomic E-state index is 0.135. The Balaban J connectivity index is 3.19. The van der Waals surface area contributed by atoms with Crippen molar-refractivity contribution in [1.29, 1.82) is 0 Å². The number of aldehydes is 1. The third-order valence-corrected chi connectivity index (χ3v) is 2.57. The van der Waals surface area contributed by atoms with Gasteiger partial charge in [-0.25, -0.2) is 0 Å². The van der Waals surface area contributed by atoms with Crippen LogP contribution >= 0.6 is 0 Å². The van der Waals surface area contributed by atoms with Gasteiger partial charge in [-0.3, -0.25) is 9.59 Å². The first-order chi connectivity index (χ1) is 7.43. The Morgan fingerprint density at radius 3 is 2.50 bits per heavy atom. The lowest BCUT2D eigenvalue weighted by molar-refractivity contribution is -0.146. The number of hydrogen-bond acceptors (Lipinski definition) is 4. The summed E-state index contributed by atoms with van der Waals surface area (Å²) in [6.07, 6.45) is 0.560. The van der Waals surface area contributed by atoms with Crippen molar-refractivity contribution in [2.45, 2.75) is 19.3 Å². The minimum atomic E-state index is -0.854. The van der Waals surface area contributed by atoms with Crippen LogP contribution in [-0.2, 0) is 14.9 Å². The summed E-state index contributed by atoms with van der Waals surface area (Å²) in [5, 5.41) is 9.53. The highest BCUT2D eigenvalue weighted by Gasteiger charge is 2.31. The molecule has 0 unspecified atom stereocenters. The first-order valence-corrected chi connectivity index (χ1v) is 4.80. The molecule has 4 nitrogen and oxygen atoms in total. The Morgan fingerprint density at radius 1 is 1.44 bits per heavy atom. The van der Waals surface area contributed by atoms with Gasteiger partial charge in [-0.2, -0.15) is 0 Å². The van der Waals surface area contributed by atoms with Crippen molar-refractivity contribution >= 4 is 12.3 Å². The summed E-state index contributed by atoms with van der Waals surface area (Å²) in [4.78, 5) is 22.1. The monoisotopic (exact) mass is 222 g/mol. The van der Waals surface area contributed by atoms with Crippen LogP contribution in [0.5, 0.6) is 5.75 Å². The number of aromatic hydroxyl groups is 1. The molecular formula is C12H14O4. The highest BCUT2D eigenvalue weighted by molar-refractivity contribution is 5.84. The Labute approximate surface area is 93.9 Å². The fourth-order valence-corrected chi connectivity index (χ4v) is 1.41. The third-order valence-electron chi connectivity index (χ3n) is 2.57. The number of carbonyl (C=O) groups excluding carboxylic acids is 2. The molecule has 0 saturated heterocycles. The summed E-state index contributed by atoms with van der Waals surface area (Å²) < 4.78 is 4.68. The lowest BCUT2D eigenvalue weighted by atomic mass is 9.84. The average Bonchev–Trinajstić information content (AvgIpc) is 2.27. The predicted molar refractivity (Wildman–Crippen MR) is 58.5 cm³/mol. The highest BCUT2D eigenvalue weighted by Crippen LogP contribution is 2.28. The normalized spacial score (nSPS) is 10.9. The lowest BCUT2D eigenvalue weighted by Crippen LogP contribution is -2.30. The van der Waals surface area contributed by atoms with Crippen molar-refractivity contribution in [1.82, 2.24) is 0 Å². The summed E-state index contributed by atoms with van der Waals surface area (Å²) in [6.45, 7) is 3.38. The molecule has 0 bridgehead atoms. The molecule has 0 aliphatic rings. The zero-order valence-corrected chi connectivity index (χ0v) is 9.48. The minimum Gasteiger partial charge on any atom is -0.507 e. The van der Waals surface area contributed by atoms with Crippen LogP contribution in [0.15, 0.2) is 18.2 Å². The van der Waals surface area contributed by atoms with Gasteiger partial charge in [-0.1, -0.05) is 6.07 Å². The summed E-state index contributed by atoms with van der Waals surface area (Å²) in [5.41, 5.74) is -0.0555. The number of rotatable bonds is 3. The van der Waals surface area contributed by atoms with Crippen LogP contribution in [0.1, 0.15) is 29.8 Å². The molecule has 0 atom stereocenters. The van der Waals surface area contributed by atoms with E-state index in [1.165, 1.54) is 19.2 Å². The van der Waals surface area contributed by atoms with Gasteiger partial charge < -0.3 is 9.84 Å². The summed E-state index contributed by atoms with van der Waals surface area (Å²) in [6, 6.07) is 4.50. The number of phenolic OH excluding ortho intramolecular Hbond substituents is 1. The number of ether oxygens (including phenoxy) is 1. The molecule has 0 amide bonds. The van der Waals surface area contributed by atoms with Crippen LogP contribution in [-0.4, -0.2) is 24.5 Å². The number of hydrogen-bond donors (Lipinski definition) is 1. The second-order valence-corrected chi connectivity index (χ2v) is 4.01. The Kier molecular flexibility index (Phi) is 3.32. The Morgan fingerprint density at radius 2 is 2.06 bits per heavy atom. The van der Waals surface area contributed by atoms with Gasteiger partial charge in [0.2, 0.25) is 0 Å². The molecule has 0 saturated carbocycles. The number of phenols is 1. The molecule has 1 N–H and O–H groups in total. The van der Waals surface area contributed by atoms with E-state index in [2.05, 4.69) is 4.74 Å². The molecule has 1 rings (SSSR count). The topological polar surface area (TPSA) is 63.6 Å². The smallest absolute Gasteiger partial charge is 0.315 e. The van der Waals surface area contributed by atoms with E-state index >= 15 is 0 Å². The van der Waals surface area contributed by atoms with Gasteiger partial charge in [0.05, 0.1) is 18.1 Å². The molecule has 1 aromatic rings. The molecule has 0 heterocycles. The quantitative estimate of drug-likeness (QED) is 0.624. The zero-order chi connectivity index (χ0) is 12.3. The second kappa shape index (κ2) is 4.35. The number of carbonyl (C=O) groups is 2. The molecule has 4 heteroatoms. The van der Waals surface area contributed by atoms with E-state index in [0.29, 0.717) is 11.8 Å². The van der Waals surface area contributed by atoms with Gasteiger partial charge in [0, 0.05) is 0 Å². The van der Waals surface area contributed by atoms with E-state index in [1.54, 1.807) is 19.9 Å². The summed E-state index contributed by atoms with van der Waals surface area (Å²) in [7, 11) is 1.31. The Hall–Kier alpha value is -1.84. The molecule has 0 aliphatic heterocycles. The fourth-order valence-electron chi connectivity index (χ4n) is 1.41. The molecule has 0 radical (unpaired) electrons. The van der Waals surface area contributed by atoms with Crippen LogP contribution in [0.3, 0.4) is 0 Å². The van der Waals surface area contributed by atoms with Crippen molar-refractivity contribution in [2.75, 3.05) is 7.11 Å². The van der Waals surface area contributed by atoms with Crippen LogP contribution in [0.2, 0.25) is 0 Å². The largest absolute Gasteiger partial charge is 0.507 e. The van der Waals surface area contributed by atoms with Crippen LogP contribution < -0.4 is 0 Å². The molecule has 0 spiro atoms. The number of esters is 1. The molecule has 0 aliphatic carbocycles. The maximum atomic E-state index is 11.5. The van der Waals surface area contributed by atoms with Gasteiger partial charge in [-0.15, -0.1) is 0 Å². The van der Waals surface area contributed by atoms with Crippen LogP contribution in [0.4, 0.5) is 0 Å². The molecule has 1 aromatic carbocycles. The Bertz CT molecular complexity index is 421. The summed E-state index contributed by atoms with van der Waals surface area (Å²) >= 11 is 0. The number of benzene rings is 1. The predicted octanol–water partition coefficient (Wildman–Crippen LogP) is 1.66. The van der Waals surface area contributed by atoms with Gasteiger partial charge >= 0.3 is 5.97 Å². The van der Waals surface area contributed by atoms with E-state index in [0.717, 1.165) is 0 Å². The van der Waals surface area contributed by atoms with E-state index in [1.807, 2.05) is 0 Å². The SMILES string of the molecule is COC(=O)C(C)(C)c1ccc(C=O)c(O)c1. The first kappa shape index (κ1) is 12.2. The first-order valence-electron chi connectivity index (χ1n) is 4.80. The van der Waals surface area contributed by atoms with Crippen molar-refractivity contribution < 1.29 is 19.4 Å².